The third-order valence-electron chi connectivity index (χ3n) is 8.58. The number of nitrogens with zero attached hydrogens (tertiary/aromatic N) is 2. The first-order valence-corrected chi connectivity index (χ1v) is 18.6. The number of carbonyl (C=O) groups is 4. The van der Waals surface area contributed by atoms with Gasteiger partial charge in [0.25, 0.3) is 17.7 Å². The molecule has 270 valence electrons. The average molecular weight is 761 g/mol. The molecule has 1 fully saturated rings. The van der Waals surface area contributed by atoms with E-state index >= 15 is 0 Å². The van der Waals surface area contributed by atoms with Crippen molar-refractivity contribution in [3.63, 3.8) is 0 Å². The van der Waals surface area contributed by atoms with Crippen molar-refractivity contribution in [2.24, 2.45) is 5.41 Å². The summed E-state index contributed by atoms with van der Waals surface area (Å²) in [4.78, 5) is 75.8. The molecule has 16 heteroatoms. The molecular weight excluding hydrogens is 725 g/mol. The Bertz CT molecular complexity index is 2030. The third kappa shape index (κ3) is 7.85. The number of amides is 4. The molecule has 0 bridgehead atoms. The van der Waals surface area contributed by atoms with Crippen LogP contribution in [0.25, 0.3) is 10.1 Å². The standard InChI is InChI=1S/C35H36ClF2N4O7PS/c1-34(2,3)29(40-31(44)28-19-21-18-22(9-16-27(21)51-28)35(37,38)50(47,48)49)33(46)41-17-5-6-26(41)32(45)42(25-14-10-23(36)11-15-25)24-12-7-20(8-13-24)30(43)39-4/h7-16,18-19,26,29H,5-6,17H2,1-4H3,(H,39,43)(H,40,44)(H2,47,48,49)/t26-,29+/m0/s1. The zero-order valence-corrected chi connectivity index (χ0v) is 30.5. The Morgan fingerprint density at radius 3 is 2.14 bits per heavy atom. The number of hydrogen-bond donors (Lipinski definition) is 4. The van der Waals surface area contributed by atoms with Crippen LogP contribution in [0.5, 0.6) is 0 Å². The van der Waals surface area contributed by atoms with Gasteiger partial charge >= 0.3 is 13.3 Å². The summed E-state index contributed by atoms with van der Waals surface area (Å²) in [5.41, 5.74) is -4.80. The minimum Gasteiger partial charge on any atom is -0.355 e. The Hall–Kier alpha value is -4.20. The van der Waals surface area contributed by atoms with Gasteiger partial charge in [0.1, 0.15) is 12.1 Å². The molecule has 0 spiro atoms. The van der Waals surface area contributed by atoms with E-state index in [-0.39, 0.29) is 22.7 Å². The lowest BCUT2D eigenvalue weighted by Crippen LogP contribution is -2.57. The second-order valence-electron chi connectivity index (χ2n) is 13.2. The molecule has 0 radical (unpaired) electrons. The van der Waals surface area contributed by atoms with Gasteiger partial charge in [-0.2, -0.15) is 8.78 Å². The van der Waals surface area contributed by atoms with Gasteiger partial charge in [-0.3, -0.25) is 28.6 Å². The van der Waals surface area contributed by atoms with Crippen molar-refractivity contribution in [1.82, 2.24) is 15.5 Å². The highest BCUT2D eigenvalue weighted by Crippen LogP contribution is 2.59. The van der Waals surface area contributed by atoms with Crippen molar-refractivity contribution in [3.8, 4) is 0 Å². The lowest BCUT2D eigenvalue weighted by molar-refractivity contribution is -0.140. The maximum Gasteiger partial charge on any atom is 0.399 e. The maximum absolute atomic E-state index is 14.4. The monoisotopic (exact) mass is 760 g/mol. The molecule has 0 saturated carbocycles. The number of fused-ring (bicyclic) bond motifs is 1. The van der Waals surface area contributed by atoms with Crippen LogP contribution in [-0.4, -0.2) is 64.0 Å². The highest BCUT2D eigenvalue weighted by Gasteiger charge is 2.50. The number of alkyl halides is 2. The van der Waals surface area contributed by atoms with Gasteiger partial charge in [-0.1, -0.05) is 38.4 Å². The topological polar surface area (TPSA) is 156 Å². The summed E-state index contributed by atoms with van der Waals surface area (Å²) >= 11 is 7.11. The van der Waals surface area contributed by atoms with Gasteiger partial charge in [-0.05, 0) is 90.4 Å². The fraction of sp³-hybridized carbons (Fsp3) is 0.314. The number of nitrogens with one attached hydrogen (secondary N) is 2. The Kier molecular flexibility index (Phi) is 10.8. The molecule has 3 aromatic carbocycles. The van der Waals surface area contributed by atoms with Crippen LogP contribution in [0.4, 0.5) is 20.2 Å². The van der Waals surface area contributed by atoms with E-state index in [0.29, 0.717) is 39.5 Å². The second kappa shape index (κ2) is 14.4. The van der Waals surface area contributed by atoms with Gasteiger partial charge in [-0.15, -0.1) is 11.3 Å². The zero-order chi connectivity index (χ0) is 37.5. The minimum absolute atomic E-state index is 0.0897. The summed E-state index contributed by atoms with van der Waals surface area (Å²) in [7, 11) is -4.29. The van der Waals surface area contributed by atoms with Crippen LogP contribution >= 0.6 is 30.5 Å². The lowest BCUT2D eigenvalue weighted by atomic mass is 9.85. The van der Waals surface area contributed by atoms with Crippen LogP contribution in [-0.2, 0) is 19.8 Å². The quantitative estimate of drug-likeness (QED) is 0.139. The van der Waals surface area contributed by atoms with Gasteiger partial charge in [-0.25, -0.2) is 0 Å². The van der Waals surface area contributed by atoms with Crippen LogP contribution in [0.2, 0.25) is 5.02 Å². The van der Waals surface area contributed by atoms with Crippen molar-refractivity contribution < 1.29 is 42.3 Å². The van der Waals surface area contributed by atoms with Gasteiger partial charge < -0.3 is 25.3 Å². The summed E-state index contributed by atoms with van der Waals surface area (Å²) < 4.78 is 40.6. The Morgan fingerprint density at radius 1 is 0.961 bits per heavy atom. The maximum atomic E-state index is 14.4. The number of benzene rings is 3. The van der Waals surface area contributed by atoms with E-state index in [2.05, 4.69) is 10.6 Å². The molecule has 11 nitrogen and oxygen atoms in total. The molecule has 1 aromatic heterocycles. The highest BCUT2D eigenvalue weighted by molar-refractivity contribution is 7.52. The molecule has 1 aliphatic rings. The number of anilines is 2. The zero-order valence-electron chi connectivity index (χ0n) is 28.0. The van der Waals surface area contributed by atoms with Crippen molar-refractivity contribution in [2.45, 2.75) is 51.4 Å². The summed E-state index contributed by atoms with van der Waals surface area (Å²) in [6.07, 6.45) is 0.878. The molecule has 4 amide bonds. The van der Waals surface area contributed by atoms with Crippen LogP contribution < -0.4 is 15.5 Å². The SMILES string of the molecule is CNC(=O)c1ccc(N(C(=O)[C@@H]2CCCN2C(=O)[C@@H](NC(=O)c2cc3cc(C(F)(F)P(=O)(O)O)ccc3s2)C(C)(C)C)c2ccc(Cl)cc2)cc1. The van der Waals surface area contributed by atoms with Crippen molar-refractivity contribution in [2.75, 3.05) is 18.5 Å². The number of likely N-dealkylation sites (tertiary alicyclic amines) is 1. The molecule has 0 unspecified atom stereocenters. The van der Waals surface area contributed by atoms with E-state index in [0.717, 1.165) is 23.5 Å². The summed E-state index contributed by atoms with van der Waals surface area (Å²) in [5.74, 6) is -1.84. The van der Waals surface area contributed by atoms with Crippen molar-refractivity contribution in [3.05, 3.63) is 93.8 Å². The summed E-state index contributed by atoms with van der Waals surface area (Å²) in [6, 6.07) is 15.5. The van der Waals surface area contributed by atoms with E-state index in [1.807, 2.05) is 0 Å². The van der Waals surface area contributed by atoms with Gasteiger partial charge in [0.2, 0.25) is 5.91 Å². The minimum atomic E-state index is -5.80. The van der Waals surface area contributed by atoms with E-state index in [1.165, 1.54) is 29.0 Å². The predicted molar refractivity (Wildman–Crippen MR) is 192 cm³/mol. The van der Waals surface area contributed by atoms with E-state index < -0.39 is 54.0 Å². The highest BCUT2D eigenvalue weighted by atomic mass is 35.5. The van der Waals surface area contributed by atoms with Crippen LogP contribution in [0.15, 0.2) is 72.8 Å². The number of thiophene rings is 1. The predicted octanol–water partition coefficient (Wildman–Crippen LogP) is 6.64. The van der Waals surface area contributed by atoms with Gasteiger partial charge in [0.15, 0.2) is 0 Å². The van der Waals surface area contributed by atoms with Crippen LogP contribution in [0.3, 0.4) is 0 Å². The second-order valence-corrected chi connectivity index (χ2v) is 16.4. The molecule has 1 aliphatic heterocycles. The summed E-state index contributed by atoms with van der Waals surface area (Å²) in [6.45, 7) is 5.54. The summed E-state index contributed by atoms with van der Waals surface area (Å²) in [5, 5.41) is 5.98. The lowest BCUT2D eigenvalue weighted by Gasteiger charge is -2.36. The smallest absolute Gasteiger partial charge is 0.355 e. The molecule has 4 N–H and O–H groups in total. The number of carbonyl (C=O) groups excluding carboxylic acids is 4. The van der Waals surface area contributed by atoms with E-state index in [4.69, 9.17) is 21.4 Å². The number of hydrogen-bond acceptors (Lipinski definition) is 6. The average Bonchev–Trinajstić information content (AvgIpc) is 3.74. The number of halogens is 3. The van der Waals surface area contributed by atoms with Crippen LogP contribution in [0, 0.1) is 5.41 Å². The Balaban J connectivity index is 1.42. The third-order valence-corrected chi connectivity index (χ3v) is 10.9. The van der Waals surface area contributed by atoms with Gasteiger partial charge in [0, 0.05) is 45.8 Å². The fourth-order valence-electron chi connectivity index (χ4n) is 5.86. The van der Waals surface area contributed by atoms with Crippen molar-refractivity contribution in [1.29, 1.82) is 0 Å². The first-order chi connectivity index (χ1) is 23.8. The van der Waals surface area contributed by atoms with Crippen molar-refractivity contribution >= 4 is 75.6 Å². The van der Waals surface area contributed by atoms with Crippen LogP contribution in [0.1, 0.15) is 59.2 Å². The Labute approximate surface area is 301 Å². The molecule has 1 saturated heterocycles. The fourth-order valence-corrected chi connectivity index (χ4v) is 7.41. The largest absolute Gasteiger partial charge is 0.399 e. The molecule has 2 heterocycles. The molecule has 2 atom stereocenters. The first kappa shape index (κ1) is 38.0. The molecule has 5 rings (SSSR count). The van der Waals surface area contributed by atoms with E-state index in [9.17, 15) is 32.5 Å². The van der Waals surface area contributed by atoms with Gasteiger partial charge in [0.05, 0.1) is 4.88 Å². The molecule has 0 aliphatic carbocycles. The number of rotatable bonds is 9. The van der Waals surface area contributed by atoms with E-state index in [1.54, 1.807) is 69.3 Å². The first-order valence-electron chi connectivity index (χ1n) is 15.8. The normalized spacial score (nSPS) is 15.8. The Morgan fingerprint density at radius 2 is 1.57 bits per heavy atom. The molecular formula is C35H36ClF2N4O7PS. The molecule has 4 aromatic rings. The molecule has 51 heavy (non-hydrogen) atoms.